The number of piperidine rings is 1. The molecule has 1 aliphatic rings. The van der Waals surface area contributed by atoms with Gasteiger partial charge < -0.3 is 5.32 Å². The van der Waals surface area contributed by atoms with Crippen molar-refractivity contribution in [2.24, 2.45) is 5.92 Å². The maximum atomic E-state index is 12.8. The van der Waals surface area contributed by atoms with E-state index in [2.05, 4.69) is 15.0 Å². The van der Waals surface area contributed by atoms with Crippen LogP contribution in [0.5, 0.6) is 0 Å². The van der Waals surface area contributed by atoms with E-state index in [9.17, 15) is 21.6 Å². The number of carbonyl (C=O) groups is 1. The van der Waals surface area contributed by atoms with Crippen molar-refractivity contribution < 1.29 is 21.6 Å². The van der Waals surface area contributed by atoms with Crippen LogP contribution in [0.15, 0.2) is 75.4 Å². The minimum atomic E-state index is -3.80. The molecule has 0 unspecified atom stereocenters. The van der Waals surface area contributed by atoms with Gasteiger partial charge in [-0.1, -0.05) is 6.07 Å². The fraction of sp³-hybridized carbons (Fsp3) is 0.238. The summed E-state index contributed by atoms with van der Waals surface area (Å²) in [6, 6.07) is 12.2. The van der Waals surface area contributed by atoms with Crippen molar-refractivity contribution in [1.29, 1.82) is 0 Å². The molecule has 1 aliphatic heterocycles. The van der Waals surface area contributed by atoms with Gasteiger partial charge in [-0.3, -0.25) is 14.5 Å². The largest absolute Gasteiger partial charge is 0.326 e. The lowest BCUT2D eigenvalue weighted by Gasteiger charge is -2.30. The van der Waals surface area contributed by atoms with Crippen molar-refractivity contribution in [2.75, 3.05) is 23.1 Å². The molecule has 0 spiro atoms. The van der Waals surface area contributed by atoms with Crippen molar-refractivity contribution in [1.82, 2.24) is 9.29 Å². The van der Waals surface area contributed by atoms with Gasteiger partial charge in [0.15, 0.2) is 0 Å². The molecule has 4 rings (SSSR count). The fourth-order valence-electron chi connectivity index (χ4n) is 3.51. The molecule has 0 bridgehead atoms. The first-order valence-corrected chi connectivity index (χ1v) is 13.9. The van der Waals surface area contributed by atoms with E-state index in [-0.39, 0.29) is 21.6 Å². The maximum Gasteiger partial charge on any atom is 0.261 e. The standard InChI is InChI=1S/C21H22N4O5S3/c26-21(16-4-2-12-25(15-16)33(29,30)20-6-3-13-31-20)23-17-7-9-19(10-8-17)32(27,28)24-18-5-1-11-22-14-18/h1,3,5-11,13-14,16,24H,2,4,12,15H2,(H,23,26)/t16-/m1/s1. The first kappa shape index (κ1) is 23.4. The molecular weight excluding hydrogens is 484 g/mol. The highest BCUT2D eigenvalue weighted by atomic mass is 32.2. The first-order chi connectivity index (χ1) is 15.8. The van der Waals surface area contributed by atoms with Crippen LogP contribution in [0.1, 0.15) is 12.8 Å². The zero-order chi connectivity index (χ0) is 23.5. The van der Waals surface area contributed by atoms with E-state index in [1.165, 1.54) is 34.8 Å². The van der Waals surface area contributed by atoms with E-state index < -0.39 is 26.0 Å². The molecule has 0 aliphatic carbocycles. The molecule has 174 valence electrons. The van der Waals surface area contributed by atoms with Crippen LogP contribution in [0.25, 0.3) is 0 Å². The molecule has 0 radical (unpaired) electrons. The molecule has 2 N–H and O–H groups in total. The molecular formula is C21H22N4O5S3. The number of sulfonamides is 2. The second-order valence-electron chi connectivity index (χ2n) is 7.50. The van der Waals surface area contributed by atoms with Crippen LogP contribution in [0.3, 0.4) is 0 Å². The molecule has 12 heteroatoms. The SMILES string of the molecule is O=C(Nc1ccc(S(=O)(=O)Nc2cccnc2)cc1)[C@@H]1CCCN(S(=O)(=O)c2cccs2)C1. The van der Waals surface area contributed by atoms with Crippen LogP contribution >= 0.6 is 11.3 Å². The number of rotatable bonds is 7. The summed E-state index contributed by atoms with van der Waals surface area (Å²) in [5.74, 6) is -0.797. The van der Waals surface area contributed by atoms with Crippen LogP contribution in [-0.2, 0) is 24.8 Å². The quantitative estimate of drug-likeness (QED) is 0.507. The smallest absolute Gasteiger partial charge is 0.261 e. The molecule has 1 amide bonds. The third-order valence-electron chi connectivity index (χ3n) is 5.19. The highest BCUT2D eigenvalue weighted by molar-refractivity contribution is 7.92. The van der Waals surface area contributed by atoms with Crippen molar-refractivity contribution >= 4 is 48.7 Å². The number of amides is 1. The Morgan fingerprint density at radius 2 is 1.82 bits per heavy atom. The second-order valence-corrected chi connectivity index (χ2v) is 12.3. The monoisotopic (exact) mass is 506 g/mol. The molecule has 1 atom stereocenters. The predicted octanol–water partition coefficient (Wildman–Crippen LogP) is 2.98. The summed E-state index contributed by atoms with van der Waals surface area (Å²) in [6.07, 6.45) is 4.10. The summed E-state index contributed by atoms with van der Waals surface area (Å²) in [4.78, 5) is 16.7. The average molecular weight is 507 g/mol. The summed E-state index contributed by atoms with van der Waals surface area (Å²) in [6.45, 7) is 0.480. The second kappa shape index (κ2) is 9.59. The molecule has 2 aromatic heterocycles. The fourth-order valence-corrected chi connectivity index (χ4v) is 7.22. The summed E-state index contributed by atoms with van der Waals surface area (Å²) in [5.41, 5.74) is 0.771. The molecule has 33 heavy (non-hydrogen) atoms. The summed E-state index contributed by atoms with van der Waals surface area (Å²) in [7, 11) is -7.41. The van der Waals surface area contributed by atoms with Gasteiger partial charge in [-0.05, 0) is 60.7 Å². The number of anilines is 2. The van der Waals surface area contributed by atoms with Gasteiger partial charge in [0.25, 0.3) is 20.0 Å². The zero-order valence-corrected chi connectivity index (χ0v) is 19.9. The third-order valence-corrected chi connectivity index (χ3v) is 9.83. The highest BCUT2D eigenvalue weighted by Gasteiger charge is 2.33. The number of aromatic nitrogens is 1. The van der Waals surface area contributed by atoms with Gasteiger partial charge in [-0.25, -0.2) is 16.8 Å². The molecule has 1 fully saturated rings. The van der Waals surface area contributed by atoms with Gasteiger partial charge in [0.2, 0.25) is 5.91 Å². The summed E-state index contributed by atoms with van der Waals surface area (Å²) >= 11 is 1.15. The molecule has 3 aromatic rings. The van der Waals surface area contributed by atoms with E-state index >= 15 is 0 Å². The van der Waals surface area contributed by atoms with E-state index in [1.54, 1.807) is 35.8 Å². The number of nitrogens with zero attached hydrogens (tertiary/aromatic N) is 2. The molecule has 1 aromatic carbocycles. The Morgan fingerprint density at radius 1 is 1.03 bits per heavy atom. The Hall–Kier alpha value is -2.80. The summed E-state index contributed by atoms with van der Waals surface area (Å²) < 4.78 is 54.7. The summed E-state index contributed by atoms with van der Waals surface area (Å²) in [5, 5.41) is 4.47. The lowest BCUT2D eigenvalue weighted by Crippen LogP contribution is -2.43. The highest BCUT2D eigenvalue weighted by Crippen LogP contribution is 2.27. The predicted molar refractivity (Wildman–Crippen MR) is 126 cm³/mol. The molecule has 9 nitrogen and oxygen atoms in total. The van der Waals surface area contributed by atoms with Crippen LogP contribution < -0.4 is 10.0 Å². The molecule has 0 saturated carbocycles. The van der Waals surface area contributed by atoms with Gasteiger partial charge in [0, 0.05) is 25.0 Å². The number of hydrogen-bond acceptors (Lipinski definition) is 7. The van der Waals surface area contributed by atoms with Gasteiger partial charge in [0.05, 0.1) is 22.7 Å². The Balaban J connectivity index is 1.40. The maximum absolute atomic E-state index is 12.8. The number of benzene rings is 1. The normalized spacial score (nSPS) is 17.4. The van der Waals surface area contributed by atoms with E-state index in [0.717, 1.165) is 11.3 Å². The Kier molecular flexibility index (Phi) is 6.79. The van der Waals surface area contributed by atoms with Crippen LogP contribution in [0.2, 0.25) is 0 Å². The van der Waals surface area contributed by atoms with E-state index in [0.29, 0.717) is 30.8 Å². The minimum absolute atomic E-state index is 0.0373. The average Bonchev–Trinajstić information content (AvgIpc) is 3.36. The van der Waals surface area contributed by atoms with Gasteiger partial charge in [-0.15, -0.1) is 11.3 Å². The van der Waals surface area contributed by atoms with Gasteiger partial charge >= 0.3 is 0 Å². The lowest BCUT2D eigenvalue weighted by atomic mass is 9.99. The Labute approximate surface area is 196 Å². The van der Waals surface area contributed by atoms with Crippen molar-refractivity contribution in [3.63, 3.8) is 0 Å². The third kappa shape index (κ3) is 5.41. The van der Waals surface area contributed by atoms with Crippen LogP contribution in [0.4, 0.5) is 11.4 Å². The number of nitrogens with one attached hydrogen (secondary N) is 2. The van der Waals surface area contributed by atoms with Crippen molar-refractivity contribution in [3.05, 3.63) is 66.3 Å². The van der Waals surface area contributed by atoms with Crippen molar-refractivity contribution in [3.8, 4) is 0 Å². The van der Waals surface area contributed by atoms with Gasteiger partial charge in [-0.2, -0.15) is 4.31 Å². The first-order valence-electron chi connectivity index (χ1n) is 10.1. The van der Waals surface area contributed by atoms with Crippen LogP contribution in [-0.4, -0.2) is 45.1 Å². The van der Waals surface area contributed by atoms with Gasteiger partial charge in [0.1, 0.15) is 4.21 Å². The number of thiophene rings is 1. The molecule has 1 saturated heterocycles. The van der Waals surface area contributed by atoms with E-state index in [1.807, 2.05) is 0 Å². The topological polar surface area (TPSA) is 126 Å². The van der Waals surface area contributed by atoms with Crippen molar-refractivity contribution in [2.45, 2.75) is 21.9 Å². The lowest BCUT2D eigenvalue weighted by molar-refractivity contribution is -0.120. The number of hydrogen-bond donors (Lipinski definition) is 2. The van der Waals surface area contributed by atoms with Crippen LogP contribution in [0, 0.1) is 5.92 Å². The molecule has 3 heterocycles. The van der Waals surface area contributed by atoms with E-state index in [4.69, 9.17) is 0 Å². The Morgan fingerprint density at radius 3 is 2.48 bits per heavy atom. The Bertz CT molecular complexity index is 1310. The number of carbonyl (C=O) groups excluding carboxylic acids is 1. The zero-order valence-electron chi connectivity index (χ0n) is 17.4. The number of pyridine rings is 1. The minimum Gasteiger partial charge on any atom is -0.326 e.